The topological polar surface area (TPSA) is 127 Å². The molecule has 3 aromatic rings. The maximum Gasteiger partial charge on any atom is 0.341 e. The summed E-state index contributed by atoms with van der Waals surface area (Å²) < 4.78 is 7.41. The number of fused-ring (bicyclic) bond motifs is 1. The lowest BCUT2D eigenvalue weighted by Crippen LogP contribution is -2.56. The average Bonchev–Trinajstić information content (AvgIpc) is 3.32. The lowest BCUT2D eigenvalue weighted by atomic mass is 9.94. The normalized spacial score (nSPS) is 20.6. The van der Waals surface area contributed by atoms with Gasteiger partial charge in [0.15, 0.2) is 10.8 Å². The molecular formula is C24H27N5O5S. The van der Waals surface area contributed by atoms with Gasteiger partial charge in [0.1, 0.15) is 11.4 Å². The summed E-state index contributed by atoms with van der Waals surface area (Å²) >= 11 is 1.32. The van der Waals surface area contributed by atoms with Crippen molar-refractivity contribution >= 4 is 40.1 Å². The maximum atomic E-state index is 12.9. The highest BCUT2D eigenvalue weighted by atomic mass is 32.1. The van der Waals surface area contributed by atoms with Crippen LogP contribution in [-0.4, -0.2) is 63.4 Å². The summed E-state index contributed by atoms with van der Waals surface area (Å²) in [5.41, 5.74) is -0.237. The number of aromatic nitrogens is 3. The third kappa shape index (κ3) is 4.41. The molecule has 5 heterocycles. The maximum absolute atomic E-state index is 12.9. The Labute approximate surface area is 205 Å². The number of nitrogens with zero attached hydrogens (tertiary/aromatic N) is 4. The van der Waals surface area contributed by atoms with Gasteiger partial charge in [-0.25, -0.2) is 14.8 Å². The highest BCUT2D eigenvalue weighted by molar-refractivity contribution is 7.12. The number of ether oxygens (including phenoxy) is 1. The van der Waals surface area contributed by atoms with E-state index in [9.17, 15) is 19.5 Å². The minimum Gasteiger partial charge on any atom is -0.477 e. The number of carbonyl (C=O) groups is 2. The molecule has 0 aliphatic carbocycles. The van der Waals surface area contributed by atoms with Crippen molar-refractivity contribution in [2.75, 3.05) is 31.1 Å². The van der Waals surface area contributed by atoms with Crippen molar-refractivity contribution in [3.05, 3.63) is 45.2 Å². The molecule has 2 fully saturated rings. The molecule has 11 heteroatoms. The van der Waals surface area contributed by atoms with Gasteiger partial charge in [0.2, 0.25) is 11.3 Å². The predicted octanol–water partition coefficient (Wildman–Crippen LogP) is 2.36. The molecular weight excluding hydrogens is 470 g/mol. The first-order chi connectivity index (χ1) is 16.8. The Kier molecular flexibility index (Phi) is 6.06. The zero-order chi connectivity index (χ0) is 24.7. The van der Waals surface area contributed by atoms with Crippen LogP contribution in [0.4, 0.5) is 5.82 Å². The highest BCUT2D eigenvalue weighted by Gasteiger charge is 2.36. The van der Waals surface area contributed by atoms with Crippen molar-refractivity contribution in [2.24, 2.45) is 5.92 Å². The quantitative estimate of drug-likeness (QED) is 0.532. The lowest BCUT2D eigenvalue weighted by Gasteiger charge is -2.40. The number of thiazole rings is 1. The zero-order valence-electron chi connectivity index (χ0n) is 19.6. The van der Waals surface area contributed by atoms with Crippen LogP contribution < -0.4 is 15.6 Å². The number of hydrogen-bond acceptors (Lipinski definition) is 8. The summed E-state index contributed by atoms with van der Waals surface area (Å²) in [7, 11) is 0. The third-order valence-corrected chi connectivity index (χ3v) is 7.53. The van der Waals surface area contributed by atoms with Gasteiger partial charge >= 0.3 is 5.97 Å². The van der Waals surface area contributed by atoms with Crippen LogP contribution in [0.25, 0.3) is 16.2 Å². The summed E-state index contributed by atoms with van der Waals surface area (Å²) in [5.74, 6) is -0.820. The number of hydrogen-bond donors (Lipinski definition) is 2. The van der Waals surface area contributed by atoms with Gasteiger partial charge in [0, 0.05) is 44.0 Å². The number of nitrogens with one attached hydrogen (secondary N) is 1. The fraction of sp³-hybridized carbons (Fsp3) is 0.458. The highest BCUT2D eigenvalue weighted by Crippen LogP contribution is 2.29. The fourth-order valence-corrected chi connectivity index (χ4v) is 5.27. The number of amides is 1. The van der Waals surface area contributed by atoms with Crippen LogP contribution in [0.3, 0.4) is 0 Å². The van der Waals surface area contributed by atoms with Crippen molar-refractivity contribution in [1.29, 1.82) is 0 Å². The van der Waals surface area contributed by atoms with Crippen LogP contribution in [0.2, 0.25) is 0 Å². The Morgan fingerprint density at radius 3 is 2.80 bits per heavy atom. The van der Waals surface area contributed by atoms with Gasteiger partial charge in [-0.15, -0.1) is 11.3 Å². The van der Waals surface area contributed by atoms with E-state index in [2.05, 4.69) is 10.3 Å². The van der Waals surface area contributed by atoms with E-state index in [1.807, 2.05) is 11.8 Å². The van der Waals surface area contributed by atoms with E-state index in [0.29, 0.717) is 41.8 Å². The Morgan fingerprint density at radius 1 is 1.34 bits per heavy atom. The number of pyridine rings is 2. The van der Waals surface area contributed by atoms with E-state index in [0.717, 1.165) is 25.9 Å². The number of carboxylic acid groups (broad SMARTS) is 1. The molecule has 1 atom stereocenters. The van der Waals surface area contributed by atoms with E-state index >= 15 is 0 Å². The van der Waals surface area contributed by atoms with E-state index in [1.54, 1.807) is 29.1 Å². The van der Waals surface area contributed by atoms with E-state index in [4.69, 9.17) is 9.72 Å². The number of carbonyl (C=O) groups excluding carboxylic acids is 1. The van der Waals surface area contributed by atoms with Crippen molar-refractivity contribution in [3.8, 4) is 5.13 Å². The van der Waals surface area contributed by atoms with Crippen molar-refractivity contribution in [3.63, 3.8) is 0 Å². The Balaban J connectivity index is 1.38. The molecule has 1 unspecified atom stereocenters. The van der Waals surface area contributed by atoms with Crippen molar-refractivity contribution in [1.82, 2.24) is 19.9 Å². The molecule has 0 bridgehead atoms. The molecule has 2 saturated heterocycles. The first-order valence-electron chi connectivity index (χ1n) is 11.6. The second-order valence-corrected chi connectivity index (χ2v) is 10.3. The summed E-state index contributed by atoms with van der Waals surface area (Å²) in [6.07, 6.45) is 6.00. The summed E-state index contributed by atoms with van der Waals surface area (Å²) in [4.78, 5) is 48.3. The summed E-state index contributed by atoms with van der Waals surface area (Å²) in [6, 6.07) is 1.77. The van der Waals surface area contributed by atoms with Gasteiger partial charge in [0.05, 0.1) is 16.9 Å². The smallest absolute Gasteiger partial charge is 0.341 e. The molecule has 0 saturated carbocycles. The SMILES string of the molecule is Cc1cc(N2CC(C(=O)NCC3(C)CCCCO3)C2)nc2c1c(=O)c(C(=O)O)cn2-c1nccs1. The number of aryl methyl sites for hydroxylation is 1. The van der Waals surface area contributed by atoms with Gasteiger partial charge in [0.25, 0.3) is 0 Å². The Hall–Kier alpha value is -3.31. The summed E-state index contributed by atoms with van der Waals surface area (Å²) in [6.45, 7) is 6.06. The Morgan fingerprint density at radius 2 is 2.14 bits per heavy atom. The van der Waals surface area contributed by atoms with Crippen LogP contribution in [0.5, 0.6) is 0 Å². The zero-order valence-corrected chi connectivity index (χ0v) is 20.4. The lowest BCUT2D eigenvalue weighted by molar-refractivity contribution is -0.128. The van der Waals surface area contributed by atoms with E-state index < -0.39 is 11.4 Å². The first-order valence-corrected chi connectivity index (χ1v) is 12.5. The van der Waals surface area contributed by atoms with Gasteiger partial charge in [-0.3, -0.25) is 14.2 Å². The average molecular weight is 498 g/mol. The van der Waals surface area contributed by atoms with Crippen molar-refractivity contribution < 1.29 is 19.4 Å². The third-order valence-electron chi connectivity index (χ3n) is 6.76. The molecule has 3 aromatic heterocycles. The predicted molar refractivity (Wildman–Crippen MR) is 132 cm³/mol. The molecule has 2 aliphatic rings. The van der Waals surface area contributed by atoms with Crippen LogP contribution in [0, 0.1) is 12.8 Å². The molecule has 2 aliphatic heterocycles. The van der Waals surface area contributed by atoms with Crippen molar-refractivity contribution in [2.45, 2.75) is 38.7 Å². The second kappa shape index (κ2) is 9.04. The molecule has 10 nitrogen and oxygen atoms in total. The van der Waals surface area contributed by atoms with Gasteiger partial charge in [-0.2, -0.15) is 0 Å². The van der Waals surface area contributed by atoms with E-state index in [1.165, 1.54) is 17.5 Å². The fourth-order valence-electron chi connectivity index (χ4n) is 4.65. The second-order valence-electron chi connectivity index (χ2n) is 9.43. The van der Waals surface area contributed by atoms with Gasteiger partial charge in [-0.1, -0.05) is 0 Å². The molecule has 0 aromatic carbocycles. The number of carboxylic acids is 1. The molecule has 0 spiro atoms. The number of aromatic carboxylic acids is 1. The van der Waals surface area contributed by atoms with E-state index in [-0.39, 0.29) is 28.4 Å². The minimum atomic E-state index is -1.30. The molecule has 5 rings (SSSR count). The number of rotatable bonds is 6. The van der Waals surface area contributed by atoms with Crippen LogP contribution in [0.15, 0.2) is 28.6 Å². The molecule has 1 amide bonds. The number of anilines is 1. The van der Waals surface area contributed by atoms with Gasteiger partial charge in [-0.05, 0) is 44.7 Å². The molecule has 2 N–H and O–H groups in total. The molecule has 35 heavy (non-hydrogen) atoms. The largest absolute Gasteiger partial charge is 0.477 e. The van der Waals surface area contributed by atoms with Gasteiger partial charge < -0.3 is 20.1 Å². The monoisotopic (exact) mass is 497 g/mol. The molecule has 0 radical (unpaired) electrons. The standard InChI is InChI=1S/C24H27N5O5S/c1-14-9-17(28-10-15(11-28)21(31)26-13-24(2)5-3-4-7-34-24)27-20-18(14)19(30)16(22(32)33)12-29(20)23-25-6-8-35-23/h6,8-9,12,15H,3-5,7,10-11,13H2,1-2H3,(H,26,31)(H,32,33). The summed E-state index contributed by atoms with van der Waals surface area (Å²) in [5, 5.41) is 15.1. The minimum absolute atomic E-state index is 0.0000430. The molecule has 184 valence electrons. The first kappa shape index (κ1) is 23.4. The van der Waals surface area contributed by atoms with Crippen LogP contribution in [0.1, 0.15) is 42.1 Å². The Bertz CT molecular complexity index is 1340. The van der Waals surface area contributed by atoms with Crippen LogP contribution in [-0.2, 0) is 9.53 Å². The van der Waals surface area contributed by atoms with Crippen LogP contribution >= 0.6 is 11.3 Å².